The van der Waals surface area contributed by atoms with Gasteiger partial charge in [0.15, 0.2) is 5.69 Å². The Hall–Kier alpha value is -3.94. The monoisotopic (exact) mass is 473 g/mol. The first-order chi connectivity index (χ1) is 16.8. The number of aromatic nitrogens is 2. The summed E-state index contributed by atoms with van der Waals surface area (Å²) in [4.78, 5) is 45.8. The van der Waals surface area contributed by atoms with Crippen molar-refractivity contribution >= 4 is 17.7 Å². The Bertz CT molecular complexity index is 1240. The Balaban J connectivity index is 1.54. The number of aryl methyl sites for hydroxylation is 1. The summed E-state index contributed by atoms with van der Waals surface area (Å²) >= 11 is 0. The van der Waals surface area contributed by atoms with Crippen LogP contribution in [0.5, 0.6) is 0 Å². The second-order valence-electron chi connectivity index (χ2n) is 9.14. The van der Waals surface area contributed by atoms with Gasteiger partial charge in [0.1, 0.15) is 11.2 Å². The van der Waals surface area contributed by atoms with Gasteiger partial charge in [-0.2, -0.15) is 0 Å². The summed E-state index contributed by atoms with van der Waals surface area (Å²) < 4.78 is 1.62. The van der Waals surface area contributed by atoms with Gasteiger partial charge in [-0.3, -0.25) is 14.4 Å². The summed E-state index contributed by atoms with van der Waals surface area (Å²) in [6.45, 7) is 7.02. The quantitative estimate of drug-likeness (QED) is 0.526. The van der Waals surface area contributed by atoms with Crippen LogP contribution in [0.15, 0.2) is 60.9 Å². The number of amides is 3. The van der Waals surface area contributed by atoms with Crippen molar-refractivity contribution in [2.24, 2.45) is 0 Å². The number of nitrogens with one attached hydrogen (secondary N) is 2. The molecule has 1 aromatic heterocycles. The molecule has 2 N–H and O–H groups in total. The molecule has 1 aliphatic heterocycles. The van der Waals surface area contributed by atoms with Crippen molar-refractivity contribution in [3.05, 3.63) is 89.0 Å². The van der Waals surface area contributed by atoms with Gasteiger partial charge in [0.05, 0.1) is 12.9 Å². The Morgan fingerprint density at radius 1 is 1.03 bits per heavy atom. The highest BCUT2D eigenvalue weighted by atomic mass is 16.2. The molecule has 8 nitrogen and oxygen atoms in total. The second kappa shape index (κ2) is 10.1. The molecule has 0 radical (unpaired) electrons. The maximum atomic E-state index is 13.6. The summed E-state index contributed by atoms with van der Waals surface area (Å²) in [5.74, 6) is -1.02. The Labute approximate surface area is 205 Å². The predicted molar refractivity (Wildman–Crippen MR) is 133 cm³/mol. The fourth-order valence-corrected chi connectivity index (χ4v) is 4.48. The Morgan fingerprint density at radius 3 is 2.46 bits per heavy atom. The molecule has 3 aromatic rings. The van der Waals surface area contributed by atoms with Crippen LogP contribution < -0.4 is 10.6 Å². The third-order valence-electron chi connectivity index (χ3n) is 6.34. The molecule has 1 atom stereocenters. The molecule has 35 heavy (non-hydrogen) atoms. The van der Waals surface area contributed by atoms with Crippen molar-refractivity contribution in [3.8, 4) is 0 Å². The van der Waals surface area contributed by atoms with Crippen LogP contribution in [0.25, 0.3) is 0 Å². The van der Waals surface area contributed by atoms with Gasteiger partial charge in [0, 0.05) is 19.6 Å². The molecule has 0 saturated heterocycles. The highest BCUT2D eigenvalue weighted by Gasteiger charge is 2.48. The van der Waals surface area contributed by atoms with Crippen LogP contribution in [0.4, 0.5) is 0 Å². The lowest BCUT2D eigenvalue weighted by Gasteiger charge is -2.43. The highest BCUT2D eigenvalue weighted by molar-refractivity contribution is 6.07. The summed E-state index contributed by atoms with van der Waals surface area (Å²) in [5.41, 5.74) is 2.23. The van der Waals surface area contributed by atoms with Gasteiger partial charge in [-0.25, -0.2) is 4.98 Å². The first-order valence-electron chi connectivity index (χ1n) is 11.9. The lowest BCUT2D eigenvalue weighted by molar-refractivity contribution is -0.133. The number of nitrogens with zero attached hydrogens (tertiary/aromatic N) is 3. The molecule has 8 heteroatoms. The topological polar surface area (TPSA) is 96.3 Å². The number of carbonyl (C=O) groups is 3. The van der Waals surface area contributed by atoms with Crippen molar-refractivity contribution in [3.63, 3.8) is 0 Å². The van der Waals surface area contributed by atoms with Crippen LogP contribution >= 0.6 is 0 Å². The smallest absolute Gasteiger partial charge is 0.273 e. The van der Waals surface area contributed by atoms with Crippen LogP contribution in [0.1, 0.15) is 57.9 Å². The fraction of sp³-hybridized carbons (Fsp3) is 0.333. The van der Waals surface area contributed by atoms with Gasteiger partial charge in [-0.1, -0.05) is 67.1 Å². The minimum absolute atomic E-state index is 0.0792. The number of rotatable bonds is 8. The summed E-state index contributed by atoms with van der Waals surface area (Å²) in [5, 5.41) is 5.84. The van der Waals surface area contributed by atoms with Crippen LogP contribution in [0.2, 0.25) is 0 Å². The van der Waals surface area contributed by atoms with Crippen LogP contribution in [-0.4, -0.2) is 44.3 Å². The summed E-state index contributed by atoms with van der Waals surface area (Å²) in [6, 6.07) is 17.5. The molecule has 0 fully saturated rings. The molecule has 4 rings (SSSR count). The van der Waals surface area contributed by atoms with E-state index in [9.17, 15) is 14.4 Å². The SMILES string of the molecule is CCCN1C(=O)c2c(C(=O)NCc3cccc(C)c3)ncn2CC1(C)C(=O)NCc1ccccc1. The normalized spacial score (nSPS) is 17.1. The standard InChI is InChI=1S/C27H31N5O3/c1-4-13-32-25(34)23-22(24(33)28-16-21-12-8-9-19(2)14-21)30-18-31(23)17-27(32,3)26(35)29-15-20-10-6-5-7-11-20/h5-12,14,18H,4,13,15-17H2,1-3H3,(H,28,33)(H,29,35). The molecule has 0 aliphatic carbocycles. The van der Waals surface area contributed by atoms with Gasteiger partial charge in [-0.05, 0) is 31.4 Å². The van der Waals surface area contributed by atoms with Crippen LogP contribution in [0.3, 0.4) is 0 Å². The first-order valence-corrected chi connectivity index (χ1v) is 11.9. The largest absolute Gasteiger partial charge is 0.350 e. The average molecular weight is 474 g/mol. The number of imidazole rings is 1. The minimum atomic E-state index is -1.11. The van der Waals surface area contributed by atoms with Gasteiger partial charge >= 0.3 is 0 Å². The molecular weight excluding hydrogens is 442 g/mol. The highest BCUT2D eigenvalue weighted by Crippen LogP contribution is 2.29. The van der Waals surface area contributed by atoms with Gasteiger partial charge < -0.3 is 20.1 Å². The first kappa shape index (κ1) is 24.2. The van der Waals surface area contributed by atoms with E-state index in [0.717, 1.165) is 16.7 Å². The van der Waals surface area contributed by atoms with E-state index in [0.29, 0.717) is 26.1 Å². The number of hydrogen-bond acceptors (Lipinski definition) is 4. The molecule has 0 bridgehead atoms. The Kier molecular flexibility index (Phi) is 7.00. The van der Waals surface area contributed by atoms with E-state index in [2.05, 4.69) is 15.6 Å². The number of hydrogen-bond donors (Lipinski definition) is 2. The molecule has 0 spiro atoms. The van der Waals surface area contributed by atoms with Gasteiger partial charge in [-0.15, -0.1) is 0 Å². The van der Waals surface area contributed by atoms with Gasteiger partial charge in [0.2, 0.25) is 5.91 Å². The van der Waals surface area contributed by atoms with Crippen LogP contribution in [0, 0.1) is 6.92 Å². The molecule has 3 amide bonds. The zero-order chi connectivity index (χ0) is 25.0. The van der Waals surface area contributed by atoms with E-state index in [1.807, 2.05) is 68.4 Å². The lowest BCUT2D eigenvalue weighted by Crippen LogP contribution is -2.64. The van der Waals surface area contributed by atoms with E-state index in [1.54, 1.807) is 16.4 Å². The molecule has 1 aliphatic rings. The predicted octanol–water partition coefficient (Wildman–Crippen LogP) is 3.06. The zero-order valence-electron chi connectivity index (χ0n) is 20.4. The van der Waals surface area contributed by atoms with E-state index in [1.165, 1.54) is 6.33 Å². The fourth-order valence-electron chi connectivity index (χ4n) is 4.48. The van der Waals surface area contributed by atoms with E-state index in [4.69, 9.17) is 0 Å². The second-order valence-corrected chi connectivity index (χ2v) is 9.14. The van der Waals surface area contributed by atoms with Gasteiger partial charge in [0.25, 0.3) is 11.8 Å². The zero-order valence-corrected chi connectivity index (χ0v) is 20.4. The third kappa shape index (κ3) is 4.96. The third-order valence-corrected chi connectivity index (χ3v) is 6.34. The Morgan fingerprint density at radius 2 is 1.74 bits per heavy atom. The minimum Gasteiger partial charge on any atom is -0.350 e. The molecule has 2 aromatic carbocycles. The molecule has 2 heterocycles. The molecule has 182 valence electrons. The summed E-state index contributed by atoms with van der Waals surface area (Å²) in [7, 11) is 0. The van der Waals surface area contributed by atoms with E-state index >= 15 is 0 Å². The van der Waals surface area contributed by atoms with Crippen LogP contribution in [-0.2, 0) is 24.4 Å². The maximum absolute atomic E-state index is 13.6. The number of benzene rings is 2. The van der Waals surface area contributed by atoms with Crippen molar-refractivity contribution < 1.29 is 14.4 Å². The van der Waals surface area contributed by atoms with Crippen molar-refractivity contribution in [2.45, 2.75) is 52.4 Å². The average Bonchev–Trinajstić information content (AvgIpc) is 3.28. The molecule has 1 unspecified atom stereocenters. The lowest BCUT2D eigenvalue weighted by atomic mass is 9.94. The van der Waals surface area contributed by atoms with Crippen molar-refractivity contribution in [2.75, 3.05) is 6.54 Å². The van der Waals surface area contributed by atoms with E-state index < -0.39 is 11.4 Å². The molecular formula is C27H31N5O3. The maximum Gasteiger partial charge on any atom is 0.273 e. The van der Waals surface area contributed by atoms with E-state index in [-0.39, 0.29) is 29.7 Å². The van der Waals surface area contributed by atoms with Crippen molar-refractivity contribution in [1.29, 1.82) is 0 Å². The molecule has 0 saturated carbocycles. The number of fused-ring (bicyclic) bond motifs is 1. The number of carbonyl (C=O) groups excluding carboxylic acids is 3. The summed E-state index contributed by atoms with van der Waals surface area (Å²) in [6.07, 6.45) is 2.15. The van der Waals surface area contributed by atoms with Crippen molar-refractivity contribution in [1.82, 2.24) is 25.1 Å².